The number of hydrogen-bond donors (Lipinski definition) is 1. The first-order chi connectivity index (χ1) is 8.88. The van der Waals surface area contributed by atoms with E-state index in [4.69, 9.17) is 9.15 Å². The SMILES string of the molecule is CCCOc1cccc2c(CNC3CC3)coc12. The minimum Gasteiger partial charge on any atom is -0.490 e. The molecule has 1 aliphatic rings. The van der Waals surface area contributed by atoms with Crippen LogP contribution in [0.5, 0.6) is 5.75 Å². The largest absolute Gasteiger partial charge is 0.490 e. The Hall–Kier alpha value is -1.48. The van der Waals surface area contributed by atoms with Crippen LogP contribution in [0.4, 0.5) is 0 Å². The van der Waals surface area contributed by atoms with Crippen LogP contribution in [-0.4, -0.2) is 12.6 Å². The van der Waals surface area contributed by atoms with Crippen molar-refractivity contribution >= 4 is 11.0 Å². The van der Waals surface area contributed by atoms with Crippen LogP contribution in [0.2, 0.25) is 0 Å². The van der Waals surface area contributed by atoms with Gasteiger partial charge in [0.15, 0.2) is 11.3 Å². The molecule has 0 unspecified atom stereocenters. The predicted molar refractivity (Wildman–Crippen MR) is 71.9 cm³/mol. The Balaban J connectivity index is 1.82. The second kappa shape index (κ2) is 5.02. The Labute approximate surface area is 107 Å². The van der Waals surface area contributed by atoms with Gasteiger partial charge in [-0.25, -0.2) is 0 Å². The topological polar surface area (TPSA) is 34.4 Å². The average Bonchev–Trinajstić information content (AvgIpc) is 3.14. The highest BCUT2D eigenvalue weighted by Gasteiger charge is 2.21. The Bertz CT molecular complexity index is 528. The van der Waals surface area contributed by atoms with Crippen molar-refractivity contribution in [3.8, 4) is 5.75 Å². The molecule has 0 radical (unpaired) electrons. The molecule has 1 aromatic heterocycles. The van der Waals surface area contributed by atoms with Crippen molar-refractivity contribution in [2.24, 2.45) is 0 Å². The molecule has 2 aromatic rings. The van der Waals surface area contributed by atoms with Crippen LogP contribution in [0, 0.1) is 0 Å². The summed E-state index contributed by atoms with van der Waals surface area (Å²) < 4.78 is 11.4. The molecule has 1 fully saturated rings. The zero-order valence-electron chi connectivity index (χ0n) is 10.7. The molecular formula is C15H19NO2. The van der Waals surface area contributed by atoms with E-state index in [1.165, 1.54) is 18.4 Å². The van der Waals surface area contributed by atoms with Crippen molar-refractivity contribution in [1.82, 2.24) is 5.32 Å². The highest BCUT2D eigenvalue weighted by Crippen LogP contribution is 2.30. The van der Waals surface area contributed by atoms with Gasteiger partial charge >= 0.3 is 0 Å². The van der Waals surface area contributed by atoms with E-state index in [2.05, 4.69) is 18.3 Å². The number of furan rings is 1. The number of rotatable bonds is 6. The van der Waals surface area contributed by atoms with E-state index in [1.807, 2.05) is 18.4 Å². The zero-order valence-corrected chi connectivity index (χ0v) is 10.7. The summed E-state index contributed by atoms with van der Waals surface area (Å²) in [7, 11) is 0. The zero-order chi connectivity index (χ0) is 12.4. The third kappa shape index (κ3) is 2.36. The lowest BCUT2D eigenvalue weighted by atomic mass is 10.1. The van der Waals surface area contributed by atoms with Gasteiger partial charge in [-0.1, -0.05) is 19.1 Å². The first kappa shape index (κ1) is 11.6. The van der Waals surface area contributed by atoms with Gasteiger partial charge in [-0.15, -0.1) is 0 Å². The summed E-state index contributed by atoms with van der Waals surface area (Å²) in [6, 6.07) is 6.82. The quantitative estimate of drug-likeness (QED) is 0.846. The number of hydrogen-bond acceptors (Lipinski definition) is 3. The smallest absolute Gasteiger partial charge is 0.176 e. The molecule has 18 heavy (non-hydrogen) atoms. The van der Waals surface area contributed by atoms with E-state index < -0.39 is 0 Å². The van der Waals surface area contributed by atoms with Crippen LogP contribution in [0.3, 0.4) is 0 Å². The summed E-state index contributed by atoms with van der Waals surface area (Å²) in [4.78, 5) is 0. The summed E-state index contributed by atoms with van der Waals surface area (Å²) in [5, 5.41) is 4.68. The fourth-order valence-corrected chi connectivity index (χ4v) is 2.09. The van der Waals surface area contributed by atoms with Gasteiger partial charge in [0.2, 0.25) is 0 Å². The number of nitrogens with one attached hydrogen (secondary N) is 1. The van der Waals surface area contributed by atoms with Crippen LogP contribution >= 0.6 is 0 Å². The number of benzene rings is 1. The molecule has 1 heterocycles. The molecule has 0 bridgehead atoms. The lowest BCUT2D eigenvalue weighted by Crippen LogP contribution is -2.14. The summed E-state index contributed by atoms with van der Waals surface area (Å²) in [6.07, 6.45) is 5.47. The molecule has 1 aromatic carbocycles. The molecule has 0 spiro atoms. The molecule has 3 nitrogen and oxygen atoms in total. The molecule has 0 saturated heterocycles. The maximum Gasteiger partial charge on any atom is 0.176 e. The van der Waals surface area contributed by atoms with Crippen molar-refractivity contribution in [1.29, 1.82) is 0 Å². The third-order valence-electron chi connectivity index (χ3n) is 3.26. The first-order valence-electron chi connectivity index (χ1n) is 6.73. The fourth-order valence-electron chi connectivity index (χ4n) is 2.09. The van der Waals surface area contributed by atoms with Crippen molar-refractivity contribution in [2.75, 3.05) is 6.61 Å². The minimum absolute atomic E-state index is 0.717. The van der Waals surface area contributed by atoms with Crippen molar-refractivity contribution < 1.29 is 9.15 Å². The monoisotopic (exact) mass is 245 g/mol. The van der Waals surface area contributed by atoms with E-state index >= 15 is 0 Å². The molecule has 0 aliphatic heterocycles. The van der Waals surface area contributed by atoms with Crippen molar-refractivity contribution in [2.45, 2.75) is 38.8 Å². The minimum atomic E-state index is 0.717. The van der Waals surface area contributed by atoms with E-state index in [0.717, 1.165) is 42.3 Å². The molecule has 1 saturated carbocycles. The van der Waals surface area contributed by atoms with Crippen LogP contribution in [0.15, 0.2) is 28.9 Å². The number of ether oxygens (including phenoxy) is 1. The lowest BCUT2D eigenvalue weighted by molar-refractivity contribution is 0.316. The van der Waals surface area contributed by atoms with Crippen LogP contribution in [-0.2, 0) is 6.54 Å². The average molecular weight is 245 g/mol. The molecular weight excluding hydrogens is 226 g/mol. The Morgan fingerprint density at radius 2 is 2.28 bits per heavy atom. The van der Waals surface area contributed by atoms with E-state index in [0.29, 0.717) is 0 Å². The summed E-state index contributed by atoms with van der Waals surface area (Å²) >= 11 is 0. The van der Waals surface area contributed by atoms with Gasteiger partial charge < -0.3 is 14.5 Å². The van der Waals surface area contributed by atoms with Gasteiger partial charge in [-0.3, -0.25) is 0 Å². The highest BCUT2D eigenvalue weighted by molar-refractivity contribution is 5.86. The molecule has 96 valence electrons. The molecule has 3 rings (SSSR count). The highest BCUT2D eigenvalue weighted by atomic mass is 16.5. The maximum atomic E-state index is 5.71. The number of fused-ring (bicyclic) bond motifs is 1. The van der Waals surface area contributed by atoms with Crippen molar-refractivity contribution in [3.63, 3.8) is 0 Å². The van der Waals surface area contributed by atoms with Gasteiger partial charge in [0, 0.05) is 23.5 Å². The van der Waals surface area contributed by atoms with Gasteiger partial charge in [0.05, 0.1) is 12.9 Å². The Morgan fingerprint density at radius 3 is 3.06 bits per heavy atom. The van der Waals surface area contributed by atoms with Gasteiger partial charge in [0.25, 0.3) is 0 Å². The summed E-state index contributed by atoms with van der Waals surface area (Å²) in [5.41, 5.74) is 2.09. The van der Waals surface area contributed by atoms with Crippen LogP contribution < -0.4 is 10.1 Å². The Morgan fingerprint density at radius 1 is 1.39 bits per heavy atom. The first-order valence-corrected chi connectivity index (χ1v) is 6.73. The van der Waals surface area contributed by atoms with Crippen LogP contribution in [0.25, 0.3) is 11.0 Å². The third-order valence-corrected chi connectivity index (χ3v) is 3.26. The van der Waals surface area contributed by atoms with E-state index in [9.17, 15) is 0 Å². The molecule has 0 amide bonds. The standard InChI is InChI=1S/C15H19NO2/c1-2-8-17-14-5-3-4-13-11(10-18-15(13)14)9-16-12-6-7-12/h3-5,10,12,16H,2,6-9H2,1H3. The second-order valence-corrected chi connectivity index (χ2v) is 4.90. The fraction of sp³-hybridized carbons (Fsp3) is 0.467. The van der Waals surface area contributed by atoms with Gasteiger partial charge in [-0.2, -0.15) is 0 Å². The Kier molecular flexibility index (Phi) is 3.24. The van der Waals surface area contributed by atoms with Gasteiger partial charge in [-0.05, 0) is 25.3 Å². The maximum absolute atomic E-state index is 5.71. The predicted octanol–water partition coefficient (Wildman–Crippen LogP) is 3.47. The molecule has 1 aliphatic carbocycles. The van der Waals surface area contributed by atoms with Crippen LogP contribution in [0.1, 0.15) is 31.7 Å². The lowest BCUT2D eigenvalue weighted by Gasteiger charge is -2.05. The summed E-state index contributed by atoms with van der Waals surface area (Å²) in [5.74, 6) is 0.854. The summed E-state index contributed by atoms with van der Waals surface area (Å²) in [6.45, 7) is 3.72. The molecule has 0 atom stereocenters. The second-order valence-electron chi connectivity index (χ2n) is 4.90. The van der Waals surface area contributed by atoms with E-state index in [1.54, 1.807) is 0 Å². The van der Waals surface area contributed by atoms with Gasteiger partial charge in [0.1, 0.15) is 0 Å². The normalized spacial score (nSPS) is 15.2. The molecule has 3 heteroatoms. The van der Waals surface area contributed by atoms with Crippen molar-refractivity contribution in [3.05, 3.63) is 30.0 Å². The number of para-hydroxylation sites is 1. The molecule has 1 N–H and O–H groups in total. The van der Waals surface area contributed by atoms with E-state index in [-0.39, 0.29) is 0 Å².